The number of hydrogen-bond donors (Lipinski definition) is 3. The molecule has 1 aliphatic heterocycles. The van der Waals surface area contributed by atoms with Gasteiger partial charge in [-0.15, -0.1) is 4.68 Å². The fourth-order valence-electron chi connectivity index (χ4n) is 4.07. The first-order valence-electron chi connectivity index (χ1n) is 11.1. The van der Waals surface area contributed by atoms with Gasteiger partial charge in [0.1, 0.15) is 12.4 Å². The maximum Gasteiger partial charge on any atom is 0.416 e. The SMILES string of the molecule is COc1cc(C2C(C(=O)Nc3ccccn3)=C(C)Nc3nc[nH][n+]32)ccc1OCc1ccccc1. The molecule has 3 heterocycles. The molecule has 0 aliphatic carbocycles. The molecule has 0 bridgehead atoms. The van der Waals surface area contributed by atoms with E-state index in [0.717, 1.165) is 11.1 Å². The maximum atomic E-state index is 13.4. The molecule has 1 unspecified atom stereocenters. The predicted molar refractivity (Wildman–Crippen MR) is 130 cm³/mol. The molecule has 2 aromatic heterocycles. The number of allylic oxidation sites excluding steroid dienone is 1. The van der Waals surface area contributed by atoms with Crippen molar-refractivity contribution < 1.29 is 19.0 Å². The Balaban J connectivity index is 1.48. The highest BCUT2D eigenvalue weighted by molar-refractivity contribution is 6.05. The van der Waals surface area contributed by atoms with Crippen LogP contribution in [0.25, 0.3) is 0 Å². The third kappa shape index (κ3) is 4.56. The number of rotatable bonds is 7. The van der Waals surface area contributed by atoms with Gasteiger partial charge < -0.3 is 14.8 Å². The van der Waals surface area contributed by atoms with E-state index in [2.05, 4.69) is 25.7 Å². The molecular weight excluding hydrogens is 444 g/mol. The summed E-state index contributed by atoms with van der Waals surface area (Å²) in [5.74, 6) is 1.99. The van der Waals surface area contributed by atoms with Gasteiger partial charge in [-0.3, -0.25) is 4.79 Å². The van der Waals surface area contributed by atoms with E-state index in [1.54, 1.807) is 36.4 Å². The third-order valence-electron chi connectivity index (χ3n) is 5.74. The van der Waals surface area contributed by atoms with Gasteiger partial charge in [-0.2, -0.15) is 0 Å². The summed E-state index contributed by atoms with van der Waals surface area (Å²) in [6.45, 7) is 2.27. The first-order valence-corrected chi connectivity index (χ1v) is 11.1. The van der Waals surface area contributed by atoms with E-state index < -0.39 is 6.04 Å². The largest absolute Gasteiger partial charge is 0.493 e. The Morgan fingerprint density at radius 1 is 1.06 bits per heavy atom. The standard InChI is InChI=1S/C26H24N6O3/c1-17-23(25(33)31-22-10-6-7-13-27-22)24(32-26(30-17)28-16-29-32)19-11-12-20(21(14-19)34-2)35-15-18-8-4-3-5-9-18/h3-14,16,24H,15H2,1-2H3,(H2,27,28,29,30,31,33)/p+1. The molecule has 0 saturated heterocycles. The van der Waals surface area contributed by atoms with Crippen molar-refractivity contribution in [1.82, 2.24) is 15.1 Å². The van der Waals surface area contributed by atoms with E-state index >= 15 is 0 Å². The number of aromatic amines is 1. The Labute approximate surface area is 202 Å². The van der Waals surface area contributed by atoms with Crippen LogP contribution in [0.4, 0.5) is 11.8 Å². The van der Waals surface area contributed by atoms with E-state index in [1.165, 1.54) is 0 Å². The lowest BCUT2D eigenvalue weighted by molar-refractivity contribution is -0.746. The smallest absolute Gasteiger partial charge is 0.416 e. The van der Waals surface area contributed by atoms with Gasteiger partial charge in [0.05, 0.1) is 18.4 Å². The van der Waals surface area contributed by atoms with Gasteiger partial charge in [0.25, 0.3) is 5.91 Å². The number of nitrogens with zero attached hydrogens (tertiary/aromatic N) is 3. The van der Waals surface area contributed by atoms with Crippen LogP contribution >= 0.6 is 0 Å². The van der Waals surface area contributed by atoms with Gasteiger partial charge in [0, 0.05) is 11.8 Å². The quantitative estimate of drug-likeness (QED) is 0.357. The summed E-state index contributed by atoms with van der Waals surface area (Å²) in [7, 11) is 1.60. The molecule has 0 radical (unpaired) electrons. The summed E-state index contributed by atoms with van der Waals surface area (Å²) in [6, 6.07) is 20.5. The average molecular weight is 470 g/mol. The van der Waals surface area contributed by atoms with Crippen molar-refractivity contribution in [2.24, 2.45) is 0 Å². The van der Waals surface area contributed by atoms with E-state index in [0.29, 0.717) is 41.1 Å². The minimum Gasteiger partial charge on any atom is -0.493 e. The van der Waals surface area contributed by atoms with Crippen molar-refractivity contribution in [2.45, 2.75) is 19.6 Å². The Morgan fingerprint density at radius 2 is 1.89 bits per heavy atom. The molecule has 1 atom stereocenters. The molecule has 0 fully saturated rings. The molecule has 0 saturated carbocycles. The number of H-pyrrole nitrogens is 1. The lowest BCUT2D eigenvalue weighted by Gasteiger charge is -2.24. The van der Waals surface area contributed by atoms with Crippen molar-refractivity contribution in [3.63, 3.8) is 0 Å². The van der Waals surface area contributed by atoms with E-state index in [-0.39, 0.29) is 5.91 Å². The molecule has 0 spiro atoms. The van der Waals surface area contributed by atoms with Crippen LogP contribution in [0.15, 0.2) is 90.5 Å². The minimum atomic E-state index is -0.477. The molecule has 3 N–H and O–H groups in total. The second-order valence-corrected chi connectivity index (χ2v) is 8.00. The normalized spacial score (nSPS) is 14.6. The topological polar surface area (TPSA) is 105 Å². The van der Waals surface area contributed by atoms with Crippen LogP contribution in [0.2, 0.25) is 0 Å². The average Bonchev–Trinajstić information content (AvgIpc) is 3.35. The number of amides is 1. The summed E-state index contributed by atoms with van der Waals surface area (Å²) in [5, 5.41) is 9.21. The summed E-state index contributed by atoms with van der Waals surface area (Å²) >= 11 is 0. The zero-order chi connectivity index (χ0) is 24.2. The van der Waals surface area contributed by atoms with Crippen molar-refractivity contribution in [2.75, 3.05) is 17.7 Å². The Kier molecular flexibility index (Phi) is 6.13. The number of ether oxygens (including phenoxy) is 2. The van der Waals surface area contributed by atoms with Gasteiger partial charge in [-0.25, -0.2) is 15.4 Å². The van der Waals surface area contributed by atoms with Gasteiger partial charge in [0.2, 0.25) is 0 Å². The minimum absolute atomic E-state index is 0.269. The summed E-state index contributed by atoms with van der Waals surface area (Å²) < 4.78 is 13.5. The second-order valence-electron chi connectivity index (χ2n) is 8.00. The van der Waals surface area contributed by atoms with Gasteiger partial charge >= 0.3 is 5.95 Å². The van der Waals surface area contributed by atoms with Crippen molar-refractivity contribution in [3.05, 3.63) is 102 Å². The number of carbonyl (C=O) groups is 1. The molecule has 35 heavy (non-hydrogen) atoms. The summed E-state index contributed by atoms with van der Waals surface area (Å²) in [6.07, 6.45) is 3.21. The summed E-state index contributed by atoms with van der Waals surface area (Å²) in [5.41, 5.74) is 3.11. The Hall–Kier alpha value is -4.66. The highest BCUT2D eigenvalue weighted by Gasteiger charge is 2.39. The molecule has 5 rings (SSSR count). The Morgan fingerprint density at radius 3 is 2.66 bits per heavy atom. The fraction of sp³-hybridized carbons (Fsp3) is 0.154. The number of fused-ring (bicyclic) bond motifs is 1. The van der Waals surface area contributed by atoms with Crippen LogP contribution in [0, 0.1) is 0 Å². The van der Waals surface area contributed by atoms with Crippen molar-refractivity contribution >= 4 is 17.7 Å². The van der Waals surface area contributed by atoms with E-state index in [9.17, 15) is 4.79 Å². The number of hydrogen-bond acceptors (Lipinski definition) is 6. The summed E-state index contributed by atoms with van der Waals surface area (Å²) in [4.78, 5) is 22.0. The van der Waals surface area contributed by atoms with Crippen molar-refractivity contribution in [3.8, 4) is 11.5 Å². The van der Waals surface area contributed by atoms with E-state index in [4.69, 9.17) is 9.47 Å². The first kappa shape index (κ1) is 22.1. The Bertz CT molecular complexity index is 1370. The number of methoxy groups -OCH3 is 1. The fourth-order valence-corrected chi connectivity index (χ4v) is 4.07. The van der Waals surface area contributed by atoms with Crippen LogP contribution < -0.4 is 24.8 Å². The number of pyridine rings is 1. The van der Waals surface area contributed by atoms with Crippen LogP contribution in [-0.2, 0) is 11.4 Å². The monoisotopic (exact) mass is 469 g/mol. The molecule has 1 aliphatic rings. The number of aromatic nitrogens is 4. The van der Waals surface area contributed by atoms with Gasteiger partial charge in [-0.05, 0) is 36.8 Å². The predicted octanol–water partition coefficient (Wildman–Crippen LogP) is 3.61. The van der Waals surface area contributed by atoms with Crippen molar-refractivity contribution in [1.29, 1.82) is 0 Å². The van der Waals surface area contributed by atoms with Crippen LogP contribution in [0.3, 0.4) is 0 Å². The molecule has 176 valence electrons. The zero-order valence-corrected chi connectivity index (χ0v) is 19.4. The van der Waals surface area contributed by atoms with E-state index in [1.807, 2.05) is 61.5 Å². The lowest BCUT2D eigenvalue weighted by atomic mass is 9.94. The molecule has 2 aromatic carbocycles. The number of benzene rings is 2. The molecule has 1 amide bonds. The lowest BCUT2D eigenvalue weighted by Crippen LogP contribution is -2.50. The number of anilines is 2. The molecule has 9 heteroatoms. The second kappa shape index (κ2) is 9.68. The number of nitrogens with one attached hydrogen (secondary N) is 3. The third-order valence-corrected chi connectivity index (χ3v) is 5.74. The van der Waals surface area contributed by atoms with Gasteiger partial charge in [-0.1, -0.05) is 47.4 Å². The first-order chi connectivity index (χ1) is 17.1. The molecular formula is C26H25N6O3+. The maximum absolute atomic E-state index is 13.4. The van der Waals surface area contributed by atoms with Gasteiger partial charge in [0.15, 0.2) is 23.9 Å². The molecule has 4 aromatic rings. The highest BCUT2D eigenvalue weighted by atomic mass is 16.5. The highest BCUT2D eigenvalue weighted by Crippen LogP contribution is 2.35. The van der Waals surface area contributed by atoms with Crippen LogP contribution in [0.1, 0.15) is 24.1 Å². The molecule has 9 nitrogen and oxygen atoms in total. The number of carbonyl (C=O) groups excluding carboxylic acids is 1. The van der Waals surface area contributed by atoms with Crippen LogP contribution in [-0.4, -0.2) is 28.1 Å². The zero-order valence-electron chi connectivity index (χ0n) is 19.4. The van der Waals surface area contributed by atoms with Crippen LogP contribution in [0.5, 0.6) is 11.5 Å².